The van der Waals surface area contributed by atoms with Gasteiger partial charge in [0.25, 0.3) is 0 Å². The summed E-state index contributed by atoms with van der Waals surface area (Å²) in [5.41, 5.74) is 4.82. The number of hydrogen-bond acceptors (Lipinski definition) is 1. The number of hydrogen-bond donors (Lipinski definition) is 1. The van der Waals surface area contributed by atoms with E-state index in [2.05, 4.69) is 108 Å². The van der Waals surface area contributed by atoms with Crippen molar-refractivity contribution in [3.8, 4) is 11.1 Å². The SMILES string of the molecule is C[Si](C)(C)c1c(Br)cccc1-c1ccccc1Nc1ccccc1. The molecule has 0 amide bonds. The van der Waals surface area contributed by atoms with Crippen LogP contribution in [0.2, 0.25) is 19.6 Å². The van der Waals surface area contributed by atoms with Gasteiger partial charge in [-0.25, -0.2) is 0 Å². The molecule has 0 bridgehead atoms. The van der Waals surface area contributed by atoms with Gasteiger partial charge in [-0.2, -0.15) is 0 Å². The average molecular weight is 396 g/mol. The Hall–Kier alpha value is -1.84. The number of para-hydroxylation sites is 2. The van der Waals surface area contributed by atoms with E-state index < -0.39 is 8.07 Å². The van der Waals surface area contributed by atoms with Crippen LogP contribution in [0.25, 0.3) is 11.1 Å². The minimum atomic E-state index is -1.49. The van der Waals surface area contributed by atoms with E-state index in [1.165, 1.54) is 20.8 Å². The van der Waals surface area contributed by atoms with Crippen LogP contribution in [0.3, 0.4) is 0 Å². The van der Waals surface area contributed by atoms with Crippen LogP contribution in [0, 0.1) is 0 Å². The summed E-state index contributed by atoms with van der Waals surface area (Å²) >= 11 is 3.79. The van der Waals surface area contributed by atoms with E-state index in [4.69, 9.17) is 0 Å². The van der Waals surface area contributed by atoms with E-state index in [9.17, 15) is 0 Å². The maximum Gasteiger partial charge on any atom is 0.0798 e. The second-order valence-corrected chi connectivity index (χ2v) is 12.8. The predicted molar refractivity (Wildman–Crippen MR) is 112 cm³/mol. The maximum absolute atomic E-state index is 3.79. The number of halogens is 1. The van der Waals surface area contributed by atoms with Crippen LogP contribution in [-0.2, 0) is 0 Å². The lowest BCUT2D eigenvalue weighted by Gasteiger charge is -2.24. The Morgan fingerprint density at radius 1 is 0.708 bits per heavy atom. The highest BCUT2D eigenvalue weighted by Gasteiger charge is 2.24. The summed E-state index contributed by atoms with van der Waals surface area (Å²) in [7, 11) is -1.49. The fraction of sp³-hybridized carbons (Fsp3) is 0.143. The van der Waals surface area contributed by atoms with Crippen LogP contribution in [0.15, 0.2) is 77.3 Å². The normalized spacial score (nSPS) is 11.3. The van der Waals surface area contributed by atoms with E-state index in [0.717, 1.165) is 11.4 Å². The second kappa shape index (κ2) is 6.95. The summed E-state index contributed by atoms with van der Waals surface area (Å²) in [6.45, 7) is 7.18. The van der Waals surface area contributed by atoms with Crippen LogP contribution in [0.4, 0.5) is 11.4 Å². The summed E-state index contributed by atoms with van der Waals surface area (Å²) in [6.07, 6.45) is 0. The van der Waals surface area contributed by atoms with Crippen LogP contribution in [0.5, 0.6) is 0 Å². The van der Waals surface area contributed by atoms with Crippen molar-refractivity contribution in [2.45, 2.75) is 19.6 Å². The lowest BCUT2D eigenvalue weighted by atomic mass is 10.0. The van der Waals surface area contributed by atoms with Crippen molar-refractivity contribution in [1.82, 2.24) is 0 Å². The Balaban J connectivity index is 2.14. The van der Waals surface area contributed by atoms with E-state index >= 15 is 0 Å². The monoisotopic (exact) mass is 395 g/mol. The van der Waals surface area contributed by atoms with E-state index in [-0.39, 0.29) is 0 Å². The molecular weight excluding hydrogens is 374 g/mol. The molecule has 0 aliphatic carbocycles. The molecule has 0 radical (unpaired) electrons. The van der Waals surface area contributed by atoms with E-state index in [1.54, 1.807) is 0 Å². The zero-order valence-electron chi connectivity index (χ0n) is 14.3. The molecule has 0 unspecified atom stereocenters. The van der Waals surface area contributed by atoms with Crippen molar-refractivity contribution in [3.05, 3.63) is 77.3 Å². The van der Waals surface area contributed by atoms with Crippen molar-refractivity contribution >= 4 is 40.6 Å². The molecule has 3 rings (SSSR count). The summed E-state index contributed by atoms with van der Waals surface area (Å²) in [5.74, 6) is 0. The Labute approximate surface area is 153 Å². The number of benzene rings is 3. The van der Waals surface area contributed by atoms with E-state index in [0.29, 0.717) is 0 Å². The van der Waals surface area contributed by atoms with Gasteiger partial charge in [0, 0.05) is 21.4 Å². The van der Waals surface area contributed by atoms with Crippen molar-refractivity contribution in [2.24, 2.45) is 0 Å². The van der Waals surface area contributed by atoms with Gasteiger partial charge in [0.1, 0.15) is 0 Å². The Kier molecular flexibility index (Phi) is 4.92. The number of rotatable bonds is 4. The Bertz CT molecular complexity index is 838. The highest BCUT2D eigenvalue weighted by Crippen LogP contribution is 2.32. The first-order valence-electron chi connectivity index (χ1n) is 8.17. The molecule has 3 aromatic carbocycles. The fourth-order valence-corrected chi connectivity index (χ4v) is 6.99. The number of anilines is 2. The van der Waals surface area contributed by atoms with Crippen LogP contribution >= 0.6 is 15.9 Å². The molecule has 0 saturated carbocycles. The molecule has 24 heavy (non-hydrogen) atoms. The molecule has 0 fully saturated rings. The van der Waals surface area contributed by atoms with Gasteiger partial charge < -0.3 is 5.32 Å². The molecule has 0 aliphatic rings. The first kappa shape index (κ1) is 17.0. The molecule has 0 heterocycles. The topological polar surface area (TPSA) is 12.0 Å². The Morgan fingerprint density at radius 2 is 1.33 bits per heavy atom. The van der Waals surface area contributed by atoms with Crippen molar-refractivity contribution in [2.75, 3.05) is 5.32 Å². The third-order valence-electron chi connectivity index (χ3n) is 4.03. The van der Waals surface area contributed by atoms with Gasteiger partial charge in [-0.1, -0.05) is 84.1 Å². The highest BCUT2D eigenvalue weighted by atomic mass is 79.9. The summed E-state index contributed by atoms with van der Waals surface area (Å²) in [4.78, 5) is 0. The van der Waals surface area contributed by atoms with Crippen LogP contribution in [-0.4, -0.2) is 8.07 Å². The third kappa shape index (κ3) is 3.63. The molecular formula is C21H22BrNSi. The molecule has 3 aromatic rings. The van der Waals surface area contributed by atoms with Crippen molar-refractivity contribution < 1.29 is 0 Å². The van der Waals surface area contributed by atoms with Crippen molar-refractivity contribution in [3.63, 3.8) is 0 Å². The quantitative estimate of drug-likeness (QED) is 0.503. The smallest absolute Gasteiger partial charge is 0.0798 e. The summed E-state index contributed by atoms with van der Waals surface area (Å²) in [5, 5.41) is 5.03. The van der Waals surface area contributed by atoms with Gasteiger partial charge in [0.05, 0.1) is 8.07 Å². The maximum atomic E-state index is 3.79. The molecule has 3 heteroatoms. The molecule has 1 nitrogen and oxygen atoms in total. The lowest BCUT2D eigenvalue weighted by molar-refractivity contribution is 1.53. The molecule has 122 valence electrons. The molecule has 0 aliphatic heterocycles. The van der Waals surface area contributed by atoms with Gasteiger partial charge in [-0.15, -0.1) is 0 Å². The zero-order chi connectivity index (χ0) is 17.2. The lowest BCUT2D eigenvalue weighted by Crippen LogP contribution is -2.40. The third-order valence-corrected chi connectivity index (χ3v) is 7.10. The predicted octanol–water partition coefficient (Wildman–Crippen LogP) is 6.40. The zero-order valence-corrected chi connectivity index (χ0v) is 16.9. The minimum absolute atomic E-state index is 1.11. The van der Waals surface area contributed by atoms with Gasteiger partial charge in [0.2, 0.25) is 0 Å². The van der Waals surface area contributed by atoms with Gasteiger partial charge in [-0.05, 0) is 35.0 Å². The standard InChI is InChI=1S/C21H22BrNSi/c1-24(2,3)21-18(13-9-14-19(21)22)17-12-7-8-15-20(17)23-16-10-5-4-6-11-16/h4-15,23H,1-3H3. The first-order valence-corrected chi connectivity index (χ1v) is 12.5. The summed E-state index contributed by atoms with van der Waals surface area (Å²) < 4.78 is 1.22. The largest absolute Gasteiger partial charge is 0.355 e. The van der Waals surface area contributed by atoms with Crippen LogP contribution in [0.1, 0.15) is 0 Å². The van der Waals surface area contributed by atoms with Gasteiger partial charge >= 0.3 is 0 Å². The van der Waals surface area contributed by atoms with Gasteiger partial charge in [0.15, 0.2) is 0 Å². The van der Waals surface area contributed by atoms with Crippen molar-refractivity contribution in [1.29, 1.82) is 0 Å². The average Bonchev–Trinajstić information content (AvgIpc) is 2.55. The van der Waals surface area contributed by atoms with Gasteiger partial charge in [-0.3, -0.25) is 0 Å². The van der Waals surface area contributed by atoms with Crippen LogP contribution < -0.4 is 10.5 Å². The van der Waals surface area contributed by atoms with E-state index in [1.807, 2.05) is 6.07 Å². The molecule has 1 N–H and O–H groups in total. The fourth-order valence-electron chi connectivity index (χ4n) is 3.01. The minimum Gasteiger partial charge on any atom is -0.355 e. The molecule has 0 atom stereocenters. The molecule has 0 aromatic heterocycles. The second-order valence-electron chi connectivity index (χ2n) is 6.95. The first-order chi connectivity index (χ1) is 11.5. The highest BCUT2D eigenvalue weighted by molar-refractivity contribution is 9.10. The number of nitrogens with one attached hydrogen (secondary N) is 1. The molecule has 0 spiro atoms. The summed E-state index contributed by atoms with van der Waals surface area (Å²) in [6, 6.07) is 25.4. The molecule has 0 saturated heterocycles. The Morgan fingerprint density at radius 3 is 2.04 bits per heavy atom.